The summed E-state index contributed by atoms with van der Waals surface area (Å²) in [7, 11) is 1.65. The van der Waals surface area contributed by atoms with Gasteiger partial charge in [-0.05, 0) is 18.9 Å². The van der Waals surface area contributed by atoms with Crippen molar-refractivity contribution >= 4 is 22.4 Å². The first-order valence-electron chi connectivity index (χ1n) is 6.07. The van der Waals surface area contributed by atoms with Gasteiger partial charge in [0.1, 0.15) is 0 Å². The summed E-state index contributed by atoms with van der Waals surface area (Å²) in [5.74, 6) is 0.278. The number of rotatable bonds is 3. The highest BCUT2D eigenvalue weighted by Gasteiger charge is 2.26. The maximum absolute atomic E-state index is 12.0. The van der Waals surface area contributed by atoms with Crippen LogP contribution in [0.4, 0.5) is 5.13 Å². The zero-order chi connectivity index (χ0) is 13.4. The quantitative estimate of drug-likeness (QED) is 0.931. The van der Waals surface area contributed by atoms with Gasteiger partial charge in [-0.3, -0.25) is 14.9 Å². The number of anilines is 1. The highest BCUT2D eigenvalue weighted by molar-refractivity contribution is 7.14. The van der Waals surface area contributed by atoms with Gasteiger partial charge in [0.05, 0.1) is 5.69 Å². The van der Waals surface area contributed by atoms with Gasteiger partial charge in [0, 0.05) is 36.2 Å². The zero-order valence-electron chi connectivity index (χ0n) is 10.4. The largest absolute Gasteiger partial charge is 0.319 e. The summed E-state index contributed by atoms with van der Waals surface area (Å²) in [6.07, 6.45) is 3.95. The van der Waals surface area contributed by atoms with E-state index in [0.29, 0.717) is 16.6 Å². The molecule has 98 valence electrons. The first kappa shape index (κ1) is 12.1. The van der Waals surface area contributed by atoms with Gasteiger partial charge in [-0.15, -0.1) is 11.3 Å². The van der Waals surface area contributed by atoms with Crippen LogP contribution in [0.15, 0.2) is 28.5 Å². The van der Waals surface area contributed by atoms with Crippen LogP contribution in [-0.2, 0) is 7.05 Å². The molecule has 1 aliphatic rings. The molecule has 0 saturated heterocycles. The molecule has 3 rings (SSSR count). The molecule has 5 nitrogen and oxygen atoms in total. The molecule has 1 fully saturated rings. The van der Waals surface area contributed by atoms with E-state index >= 15 is 0 Å². The summed E-state index contributed by atoms with van der Waals surface area (Å²) in [6.45, 7) is 0. The van der Waals surface area contributed by atoms with Gasteiger partial charge in [0.15, 0.2) is 5.13 Å². The van der Waals surface area contributed by atoms with E-state index in [0.717, 1.165) is 5.69 Å². The lowest BCUT2D eigenvalue weighted by Gasteiger charge is -2.02. The number of thiazole rings is 1. The molecule has 1 amide bonds. The molecule has 1 N–H and O–H groups in total. The van der Waals surface area contributed by atoms with E-state index in [4.69, 9.17) is 0 Å². The molecule has 0 unspecified atom stereocenters. The van der Waals surface area contributed by atoms with Crippen LogP contribution in [0.25, 0.3) is 0 Å². The highest BCUT2D eigenvalue weighted by atomic mass is 32.1. The standard InChI is InChI=1S/C13H13N3O2S/c1-16-5-4-9(6-11(16)17)12(18)15-13-14-10(7-19-13)8-2-3-8/h4-8H,2-3H2,1H3,(H,14,15,18). The van der Waals surface area contributed by atoms with Gasteiger partial charge in [0.25, 0.3) is 11.5 Å². The first-order chi connectivity index (χ1) is 9.13. The fourth-order valence-corrected chi connectivity index (χ4v) is 2.56. The van der Waals surface area contributed by atoms with Gasteiger partial charge < -0.3 is 4.57 Å². The molecule has 2 heterocycles. The monoisotopic (exact) mass is 275 g/mol. The number of carbonyl (C=O) groups is 1. The number of aromatic nitrogens is 2. The maximum atomic E-state index is 12.0. The Labute approximate surface area is 113 Å². The molecule has 2 aromatic heterocycles. The Balaban J connectivity index is 1.75. The Bertz CT molecular complexity index is 685. The van der Waals surface area contributed by atoms with Crippen LogP contribution >= 0.6 is 11.3 Å². The molecular weight excluding hydrogens is 262 g/mol. The normalized spacial score (nSPS) is 14.4. The summed E-state index contributed by atoms with van der Waals surface area (Å²) in [5, 5.41) is 5.30. The van der Waals surface area contributed by atoms with Crippen molar-refractivity contribution in [3.8, 4) is 0 Å². The fourth-order valence-electron chi connectivity index (χ4n) is 1.77. The summed E-state index contributed by atoms with van der Waals surface area (Å²) in [4.78, 5) is 27.8. The van der Waals surface area contributed by atoms with Crippen LogP contribution in [0.2, 0.25) is 0 Å². The van der Waals surface area contributed by atoms with Crippen LogP contribution in [-0.4, -0.2) is 15.5 Å². The lowest BCUT2D eigenvalue weighted by molar-refractivity contribution is 0.102. The minimum atomic E-state index is -0.297. The summed E-state index contributed by atoms with van der Waals surface area (Å²) < 4.78 is 1.42. The predicted octanol–water partition coefficient (Wildman–Crippen LogP) is 1.97. The topological polar surface area (TPSA) is 64.0 Å². The third-order valence-corrected chi connectivity index (χ3v) is 3.88. The molecule has 0 bridgehead atoms. The second-order valence-corrected chi connectivity index (χ2v) is 5.53. The molecule has 6 heteroatoms. The van der Waals surface area contributed by atoms with Crippen molar-refractivity contribution < 1.29 is 4.79 Å². The summed E-state index contributed by atoms with van der Waals surface area (Å²) in [5.41, 5.74) is 1.21. The predicted molar refractivity (Wildman–Crippen MR) is 73.7 cm³/mol. The Hall–Kier alpha value is -1.95. The molecule has 0 atom stereocenters. The van der Waals surface area contributed by atoms with Crippen molar-refractivity contribution in [2.24, 2.45) is 7.05 Å². The fraction of sp³-hybridized carbons (Fsp3) is 0.308. The smallest absolute Gasteiger partial charge is 0.257 e. The highest BCUT2D eigenvalue weighted by Crippen LogP contribution is 2.40. The lowest BCUT2D eigenvalue weighted by Crippen LogP contribution is -2.19. The van der Waals surface area contributed by atoms with Crippen LogP contribution in [0.1, 0.15) is 34.8 Å². The van der Waals surface area contributed by atoms with E-state index < -0.39 is 0 Å². The lowest BCUT2D eigenvalue weighted by atomic mass is 10.2. The maximum Gasteiger partial charge on any atom is 0.257 e. The van der Waals surface area contributed by atoms with Crippen LogP contribution in [0.5, 0.6) is 0 Å². The van der Waals surface area contributed by atoms with Crippen molar-refractivity contribution in [2.75, 3.05) is 5.32 Å². The second kappa shape index (κ2) is 4.62. The first-order valence-corrected chi connectivity index (χ1v) is 6.95. The Kier molecular flexibility index (Phi) is 2.94. The molecule has 0 radical (unpaired) electrons. The molecule has 1 saturated carbocycles. The SMILES string of the molecule is Cn1ccc(C(=O)Nc2nc(C3CC3)cs2)cc1=O. The van der Waals surface area contributed by atoms with Gasteiger partial charge in [0.2, 0.25) is 0 Å². The van der Waals surface area contributed by atoms with Crippen LogP contribution in [0.3, 0.4) is 0 Å². The van der Waals surface area contributed by atoms with E-state index in [1.54, 1.807) is 19.3 Å². The van der Waals surface area contributed by atoms with E-state index in [-0.39, 0.29) is 11.5 Å². The third kappa shape index (κ3) is 2.58. The van der Waals surface area contributed by atoms with Gasteiger partial charge in [-0.25, -0.2) is 4.98 Å². The second-order valence-electron chi connectivity index (χ2n) is 4.67. The van der Waals surface area contributed by atoms with E-state index in [1.807, 2.05) is 5.38 Å². The minimum Gasteiger partial charge on any atom is -0.319 e. The van der Waals surface area contributed by atoms with E-state index in [9.17, 15) is 9.59 Å². The van der Waals surface area contributed by atoms with Crippen molar-refractivity contribution in [3.63, 3.8) is 0 Å². The average Bonchev–Trinajstić information content (AvgIpc) is 3.14. The minimum absolute atomic E-state index is 0.203. The van der Waals surface area contributed by atoms with Crippen molar-refractivity contribution in [1.29, 1.82) is 0 Å². The third-order valence-electron chi connectivity index (χ3n) is 3.10. The van der Waals surface area contributed by atoms with Gasteiger partial charge in [-0.2, -0.15) is 0 Å². The molecule has 2 aromatic rings. The summed E-state index contributed by atoms with van der Waals surface area (Å²) >= 11 is 1.42. The molecule has 0 aliphatic heterocycles. The molecule has 19 heavy (non-hydrogen) atoms. The van der Waals surface area contributed by atoms with E-state index in [2.05, 4.69) is 10.3 Å². The number of nitrogens with zero attached hydrogens (tertiary/aromatic N) is 2. The Morgan fingerprint density at radius 1 is 1.53 bits per heavy atom. The number of pyridine rings is 1. The number of carbonyl (C=O) groups excluding carboxylic acids is 1. The Morgan fingerprint density at radius 2 is 2.32 bits per heavy atom. The average molecular weight is 275 g/mol. The number of nitrogens with one attached hydrogen (secondary N) is 1. The number of aryl methyl sites for hydroxylation is 1. The van der Waals surface area contributed by atoms with E-state index in [1.165, 1.54) is 34.8 Å². The van der Waals surface area contributed by atoms with Crippen molar-refractivity contribution in [2.45, 2.75) is 18.8 Å². The molecule has 1 aliphatic carbocycles. The van der Waals surface area contributed by atoms with Crippen molar-refractivity contribution in [1.82, 2.24) is 9.55 Å². The van der Waals surface area contributed by atoms with Gasteiger partial charge >= 0.3 is 0 Å². The Morgan fingerprint density at radius 3 is 3.00 bits per heavy atom. The zero-order valence-corrected chi connectivity index (χ0v) is 11.2. The summed E-state index contributed by atoms with van der Waals surface area (Å²) in [6, 6.07) is 2.94. The van der Waals surface area contributed by atoms with Crippen molar-refractivity contribution in [3.05, 3.63) is 45.3 Å². The molecular formula is C13H13N3O2S. The number of hydrogen-bond acceptors (Lipinski definition) is 4. The molecule has 0 spiro atoms. The van der Waals surface area contributed by atoms with Crippen LogP contribution < -0.4 is 10.9 Å². The number of hydrogen-bond donors (Lipinski definition) is 1. The van der Waals surface area contributed by atoms with Gasteiger partial charge in [-0.1, -0.05) is 0 Å². The number of amides is 1. The molecule has 0 aromatic carbocycles. The van der Waals surface area contributed by atoms with Crippen LogP contribution in [0, 0.1) is 0 Å².